The molecule has 2 aromatic heterocycles. The number of fused-ring (bicyclic) bond motifs is 3. The molecule has 0 aliphatic carbocycles. The Kier molecular flexibility index (Phi) is 6.08. The van der Waals surface area contributed by atoms with Gasteiger partial charge in [0, 0.05) is 22.2 Å². The molecule has 6 heteroatoms. The minimum Gasteiger partial charge on any atom is -0.497 e. The number of aromatic nitrogens is 3. The second-order valence-electron chi connectivity index (χ2n) is 10.2. The molecule has 6 aromatic rings. The summed E-state index contributed by atoms with van der Waals surface area (Å²) in [4.78, 5) is 20.7. The van der Waals surface area contributed by atoms with Gasteiger partial charge in [0.15, 0.2) is 5.65 Å². The summed E-state index contributed by atoms with van der Waals surface area (Å²) in [6.07, 6.45) is 1.04. The number of benzene rings is 4. The second-order valence-corrected chi connectivity index (χ2v) is 10.2. The van der Waals surface area contributed by atoms with Crippen molar-refractivity contribution in [2.45, 2.75) is 19.0 Å². The van der Waals surface area contributed by atoms with Gasteiger partial charge in [0.2, 0.25) is 0 Å². The number of aryl methyl sites for hydroxylation is 1. The number of pyridine rings is 1. The summed E-state index contributed by atoms with van der Waals surface area (Å²) in [5.41, 5.74) is 8.32. The molecule has 0 bridgehead atoms. The zero-order valence-corrected chi connectivity index (χ0v) is 22.8. The maximum Gasteiger partial charge on any atom is 0.164 e. The molecule has 0 saturated carbocycles. The van der Waals surface area contributed by atoms with E-state index in [4.69, 9.17) is 14.8 Å². The zero-order valence-electron chi connectivity index (χ0n) is 22.8. The number of hydrogen-bond donors (Lipinski definition) is 0. The number of ether oxygens (including phenoxy) is 1. The summed E-state index contributed by atoms with van der Waals surface area (Å²) in [5, 5.41) is 5.97. The number of carbonyl (C=O) groups is 1. The third-order valence-corrected chi connectivity index (χ3v) is 7.88. The van der Waals surface area contributed by atoms with Crippen LogP contribution in [0.1, 0.15) is 34.5 Å². The van der Waals surface area contributed by atoms with Gasteiger partial charge in [0.25, 0.3) is 0 Å². The number of para-hydroxylation sites is 1. The van der Waals surface area contributed by atoms with Crippen LogP contribution in [0.2, 0.25) is 0 Å². The minimum absolute atomic E-state index is 0.241. The fourth-order valence-corrected chi connectivity index (χ4v) is 6.11. The maximum absolute atomic E-state index is 13.2. The van der Waals surface area contributed by atoms with Crippen molar-refractivity contribution in [3.63, 3.8) is 0 Å². The van der Waals surface area contributed by atoms with E-state index < -0.39 is 6.04 Å². The van der Waals surface area contributed by atoms with E-state index in [2.05, 4.69) is 29.2 Å². The highest BCUT2D eigenvalue weighted by Gasteiger charge is 2.44. The number of nitrogens with zero attached hydrogens (tertiary/aromatic N) is 4. The molecular formula is C35H28N4O2. The summed E-state index contributed by atoms with van der Waals surface area (Å²) in [7, 11) is 1.66. The van der Waals surface area contributed by atoms with Crippen molar-refractivity contribution in [3.8, 4) is 22.7 Å². The Balaban J connectivity index is 1.60. The van der Waals surface area contributed by atoms with Crippen LogP contribution in [-0.4, -0.2) is 28.2 Å². The van der Waals surface area contributed by atoms with E-state index in [-0.39, 0.29) is 6.04 Å². The van der Waals surface area contributed by atoms with Gasteiger partial charge in [-0.25, -0.2) is 9.67 Å². The lowest BCUT2D eigenvalue weighted by Crippen LogP contribution is -2.27. The van der Waals surface area contributed by atoms with E-state index in [1.807, 2.05) is 103 Å². The van der Waals surface area contributed by atoms with Gasteiger partial charge in [0.1, 0.15) is 18.1 Å². The molecule has 0 fully saturated rings. The van der Waals surface area contributed by atoms with Crippen molar-refractivity contribution in [1.82, 2.24) is 14.8 Å². The van der Waals surface area contributed by atoms with Crippen molar-refractivity contribution in [3.05, 3.63) is 138 Å². The number of aldehydes is 1. The van der Waals surface area contributed by atoms with Gasteiger partial charge in [-0.2, -0.15) is 5.10 Å². The normalized spacial score (nSPS) is 16.1. The monoisotopic (exact) mass is 536 g/mol. The van der Waals surface area contributed by atoms with Crippen LogP contribution in [0.5, 0.6) is 5.75 Å². The van der Waals surface area contributed by atoms with Gasteiger partial charge in [-0.1, -0.05) is 78.9 Å². The highest BCUT2D eigenvalue weighted by molar-refractivity contribution is 5.95. The zero-order chi connectivity index (χ0) is 27.9. The first-order chi connectivity index (χ1) is 20.2. The van der Waals surface area contributed by atoms with Crippen molar-refractivity contribution in [1.29, 1.82) is 0 Å². The first-order valence-electron chi connectivity index (χ1n) is 13.7. The summed E-state index contributed by atoms with van der Waals surface area (Å²) >= 11 is 0. The SMILES string of the molecule is COc1ccc(N2C(C=O)c3c(-c4ccccc4)nc4c(c(C)nn4-c4ccccc4)c3C2c2ccccc2)cc1. The molecule has 1 aliphatic rings. The van der Waals surface area contributed by atoms with Gasteiger partial charge in [0.05, 0.1) is 30.2 Å². The molecule has 1 aliphatic heterocycles. The summed E-state index contributed by atoms with van der Waals surface area (Å²) in [6, 6.07) is 37.7. The number of methoxy groups -OCH3 is 1. The van der Waals surface area contributed by atoms with Gasteiger partial charge in [-0.15, -0.1) is 0 Å². The van der Waals surface area contributed by atoms with E-state index >= 15 is 0 Å². The summed E-state index contributed by atoms with van der Waals surface area (Å²) in [5.74, 6) is 0.762. The molecule has 4 aromatic carbocycles. The number of rotatable bonds is 6. The van der Waals surface area contributed by atoms with E-state index in [1.165, 1.54) is 0 Å². The molecule has 0 saturated heterocycles. The Labute approximate surface area is 238 Å². The van der Waals surface area contributed by atoms with Gasteiger partial charge in [-0.05, 0) is 54.4 Å². The van der Waals surface area contributed by atoms with Crippen LogP contribution in [0.4, 0.5) is 5.69 Å². The summed E-state index contributed by atoms with van der Waals surface area (Å²) < 4.78 is 7.37. The quantitative estimate of drug-likeness (QED) is 0.210. The van der Waals surface area contributed by atoms with Gasteiger partial charge < -0.3 is 14.4 Å². The Hall–Kier alpha value is -5.23. The fourth-order valence-electron chi connectivity index (χ4n) is 6.11. The third kappa shape index (κ3) is 3.99. The molecule has 0 radical (unpaired) electrons. The van der Waals surface area contributed by atoms with Crippen LogP contribution in [0.3, 0.4) is 0 Å². The molecule has 41 heavy (non-hydrogen) atoms. The van der Waals surface area contributed by atoms with Crippen molar-refractivity contribution >= 4 is 23.0 Å². The Morgan fingerprint density at radius 2 is 1.39 bits per heavy atom. The Morgan fingerprint density at radius 1 is 0.756 bits per heavy atom. The molecule has 0 N–H and O–H groups in total. The third-order valence-electron chi connectivity index (χ3n) is 7.88. The lowest BCUT2D eigenvalue weighted by molar-refractivity contribution is -0.109. The number of carbonyl (C=O) groups excluding carboxylic acids is 1. The average molecular weight is 537 g/mol. The topological polar surface area (TPSA) is 60.2 Å². The highest BCUT2D eigenvalue weighted by Crippen LogP contribution is 2.53. The van der Waals surface area contributed by atoms with Crippen molar-refractivity contribution in [2.24, 2.45) is 0 Å². The fraction of sp³-hybridized carbons (Fsp3) is 0.114. The second kappa shape index (κ2) is 10.1. The summed E-state index contributed by atoms with van der Waals surface area (Å²) in [6.45, 7) is 2.03. The van der Waals surface area contributed by atoms with Crippen LogP contribution in [0, 0.1) is 6.92 Å². The van der Waals surface area contributed by atoms with Crippen LogP contribution in [0.25, 0.3) is 28.0 Å². The molecule has 200 valence electrons. The standard InChI is InChI=1S/C35H28N4O2/c1-23-30-32-31(33(24-12-6-3-7-13-24)36-35(30)39(37-23)27-16-10-5-11-17-27)29(22-40)38(26-18-20-28(41-2)21-19-26)34(32)25-14-8-4-9-15-25/h3-22,29,34H,1-2H3. The molecular weight excluding hydrogens is 508 g/mol. The molecule has 0 spiro atoms. The van der Waals surface area contributed by atoms with E-state index in [0.717, 1.165) is 68.1 Å². The smallest absolute Gasteiger partial charge is 0.164 e. The van der Waals surface area contributed by atoms with E-state index in [9.17, 15) is 4.79 Å². The lowest BCUT2D eigenvalue weighted by atomic mass is 9.91. The van der Waals surface area contributed by atoms with Crippen LogP contribution in [0.15, 0.2) is 115 Å². The van der Waals surface area contributed by atoms with Crippen LogP contribution >= 0.6 is 0 Å². The average Bonchev–Trinajstić information content (AvgIpc) is 3.56. The number of hydrogen-bond acceptors (Lipinski definition) is 5. The Morgan fingerprint density at radius 3 is 2.02 bits per heavy atom. The van der Waals surface area contributed by atoms with Crippen LogP contribution in [-0.2, 0) is 4.79 Å². The Bertz CT molecular complexity index is 1850. The molecule has 0 amide bonds. The molecule has 7 rings (SSSR count). The van der Waals surface area contributed by atoms with Gasteiger partial charge in [-0.3, -0.25) is 0 Å². The largest absolute Gasteiger partial charge is 0.497 e. The number of anilines is 1. The molecule has 6 nitrogen and oxygen atoms in total. The predicted octanol–water partition coefficient (Wildman–Crippen LogP) is 7.25. The highest BCUT2D eigenvalue weighted by atomic mass is 16.5. The molecule has 3 heterocycles. The van der Waals surface area contributed by atoms with Crippen molar-refractivity contribution < 1.29 is 9.53 Å². The molecule has 2 atom stereocenters. The first kappa shape index (κ1) is 24.8. The first-order valence-corrected chi connectivity index (χ1v) is 13.7. The van der Waals surface area contributed by atoms with E-state index in [1.54, 1.807) is 7.11 Å². The van der Waals surface area contributed by atoms with Gasteiger partial charge >= 0.3 is 0 Å². The lowest BCUT2D eigenvalue weighted by Gasteiger charge is -2.31. The van der Waals surface area contributed by atoms with Crippen LogP contribution < -0.4 is 9.64 Å². The maximum atomic E-state index is 13.2. The predicted molar refractivity (Wildman–Crippen MR) is 162 cm³/mol. The minimum atomic E-state index is -0.560. The van der Waals surface area contributed by atoms with E-state index in [0.29, 0.717) is 0 Å². The molecule has 2 unspecified atom stereocenters. The van der Waals surface area contributed by atoms with Crippen molar-refractivity contribution in [2.75, 3.05) is 12.0 Å².